The van der Waals surface area contributed by atoms with Gasteiger partial charge in [-0.15, -0.1) is 0 Å². The van der Waals surface area contributed by atoms with Crippen molar-refractivity contribution in [1.82, 2.24) is 10.3 Å². The molecule has 1 heterocycles. The van der Waals surface area contributed by atoms with Gasteiger partial charge in [0.1, 0.15) is 5.69 Å². The van der Waals surface area contributed by atoms with Gasteiger partial charge in [-0.2, -0.15) is 13.2 Å². The van der Waals surface area contributed by atoms with Gasteiger partial charge in [-0.25, -0.2) is 0 Å². The molecule has 1 N–H and O–H groups in total. The zero-order valence-electron chi connectivity index (χ0n) is 12.2. The summed E-state index contributed by atoms with van der Waals surface area (Å²) < 4.78 is 37.3. The highest BCUT2D eigenvalue weighted by atomic mass is 19.4. The van der Waals surface area contributed by atoms with Gasteiger partial charge >= 0.3 is 6.18 Å². The number of amides is 1. The quantitative estimate of drug-likeness (QED) is 0.925. The number of halogens is 3. The standard InChI is InChI=1S/C16H19F3N2O/c17-16(18,19)14-7-6-12(9-20-14)15(22)21-8-11-5-4-10-2-1-3-13(10)11/h6-7,9-11,13H,1-5,8H2,(H,21,22)/t10-,11+,13-/m0/s1. The Morgan fingerprint density at radius 3 is 2.73 bits per heavy atom. The molecular formula is C16H19F3N2O. The second kappa shape index (κ2) is 5.89. The summed E-state index contributed by atoms with van der Waals surface area (Å²) in [6.07, 6.45) is 2.73. The van der Waals surface area contributed by atoms with Gasteiger partial charge in [0.25, 0.3) is 5.91 Å². The molecule has 3 atom stereocenters. The van der Waals surface area contributed by atoms with Crippen molar-refractivity contribution in [3.05, 3.63) is 29.6 Å². The van der Waals surface area contributed by atoms with E-state index >= 15 is 0 Å². The summed E-state index contributed by atoms with van der Waals surface area (Å²) in [6, 6.07) is 2.02. The molecule has 3 nitrogen and oxygen atoms in total. The van der Waals surface area contributed by atoms with E-state index in [4.69, 9.17) is 0 Å². The largest absolute Gasteiger partial charge is 0.433 e. The van der Waals surface area contributed by atoms with Crippen molar-refractivity contribution in [2.45, 2.75) is 38.3 Å². The molecule has 0 radical (unpaired) electrons. The highest BCUT2D eigenvalue weighted by molar-refractivity contribution is 5.93. The zero-order chi connectivity index (χ0) is 15.7. The molecule has 1 amide bonds. The van der Waals surface area contributed by atoms with Crippen molar-refractivity contribution < 1.29 is 18.0 Å². The number of aromatic nitrogens is 1. The molecule has 0 unspecified atom stereocenters. The van der Waals surface area contributed by atoms with Gasteiger partial charge in [0.2, 0.25) is 0 Å². The van der Waals surface area contributed by atoms with Crippen LogP contribution in [-0.4, -0.2) is 17.4 Å². The van der Waals surface area contributed by atoms with Crippen molar-refractivity contribution in [3.63, 3.8) is 0 Å². The molecule has 6 heteroatoms. The molecule has 1 aromatic rings. The van der Waals surface area contributed by atoms with E-state index < -0.39 is 11.9 Å². The molecule has 0 aromatic carbocycles. The third-order valence-corrected chi connectivity index (χ3v) is 5.07. The van der Waals surface area contributed by atoms with Crippen LogP contribution in [0.4, 0.5) is 13.2 Å². The van der Waals surface area contributed by atoms with Gasteiger partial charge in [0.05, 0.1) is 5.56 Å². The van der Waals surface area contributed by atoms with E-state index in [1.54, 1.807) is 0 Å². The Kier molecular flexibility index (Phi) is 4.10. The van der Waals surface area contributed by atoms with Crippen LogP contribution >= 0.6 is 0 Å². The molecule has 0 spiro atoms. The smallest absolute Gasteiger partial charge is 0.352 e. The van der Waals surface area contributed by atoms with Crippen LogP contribution in [-0.2, 0) is 6.18 Å². The SMILES string of the molecule is O=C(NC[C@H]1CC[C@@H]2CCC[C@@H]21)c1ccc(C(F)(F)F)nc1. The minimum Gasteiger partial charge on any atom is -0.352 e. The second-order valence-electron chi connectivity index (χ2n) is 6.33. The average Bonchev–Trinajstić information content (AvgIpc) is 3.07. The van der Waals surface area contributed by atoms with E-state index in [-0.39, 0.29) is 11.5 Å². The Hall–Kier alpha value is -1.59. The average molecular weight is 312 g/mol. The van der Waals surface area contributed by atoms with Gasteiger partial charge < -0.3 is 5.32 Å². The van der Waals surface area contributed by atoms with Gasteiger partial charge in [-0.1, -0.05) is 12.8 Å². The van der Waals surface area contributed by atoms with Crippen LogP contribution in [0.25, 0.3) is 0 Å². The Bertz CT molecular complexity index is 541. The molecule has 1 aromatic heterocycles. The van der Waals surface area contributed by atoms with E-state index in [1.807, 2.05) is 0 Å². The molecule has 2 aliphatic rings. The number of alkyl halides is 3. The predicted octanol–water partition coefficient (Wildman–Crippen LogP) is 3.66. The normalized spacial score (nSPS) is 27.7. The maximum Gasteiger partial charge on any atom is 0.433 e. The first kappa shape index (κ1) is 15.3. The lowest BCUT2D eigenvalue weighted by atomic mass is 9.92. The third kappa shape index (κ3) is 3.10. The first-order valence-electron chi connectivity index (χ1n) is 7.76. The minimum atomic E-state index is -4.48. The van der Waals surface area contributed by atoms with Crippen LogP contribution in [0.3, 0.4) is 0 Å². The van der Waals surface area contributed by atoms with Crippen LogP contribution in [0.5, 0.6) is 0 Å². The number of hydrogen-bond acceptors (Lipinski definition) is 2. The van der Waals surface area contributed by atoms with E-state index in [1.165, 1.54) is 31.7 Å². The first-order chi connectivity index (χ1) is 10.4. The topological polar surface area (TPSA) is 42.0 Å². The molecular weight excluding hydrogens is 293 g/mol. The molecule has 22 heavy (non-hydrogen) atoms. The van der Waals surface area contributed by atoms with Gasteiger partial charge in [0.15, 0.2) is 0 Å². The lowest BCUT2D eigenvalue weighted by molar-refractivity contribution is -0.141. The fraction of sp³-hybridized carbons (Fsp3) is 0.625. The lowest BCUT2D eigenvalue weighted by Gasteiger charge is -2.19. The van der Waals surface area contributed by atoms with Gasteiger partial charge in [0, 0.05) is 12.7 Å². The molecule has 2 fully saturated rings. The number of nitrogens with zero attached hydrogens (tertiary/aromatic N) is 1. The van der Waals surface area contributed by atoms with Crippen LogP contribution < -0.4 is 5.32 Å². The van der Waals surface area contributed by atoms with E-state index in [2.05, 4.69) is 10.3 Å². The van der Waals surface area contributed by atoms with E-state index in [0.29, 0.717) is 18.4 Å². The maximum atomic E-state index is 12.4. The van der Waals surface area contributed by atoms with Crippen molar-refractivity contribution in [2.24, 2.45) is 17.8 Å². The number of carbonyl (C=O) groups excluding carboxylic acids is 1. The monoisotopic (exact) mass is 312 g/mol. The summed E-state index contributed by atoms with van der Waals surface area (Å²) in [5, 5.41) is 2.85. The molecule has 0 bridgehead atoms. The number of pyridine rings is 1. The van der Waals surface area contributed by atoms with Gasteiger partial charge in [-0.3, -0.25) is 9.78 Å². The lowest BCUT2D eigenvalue weighted by Crippen LogP contribution is -2.31. The Morgan fingerprint density at radius 2 is 2.05 bits per heavy atom. The molecule has 0 aliphatic heterocycles. The highest BCUT2D eigenvalue weighted by Gasteiger charge is 2.38. The summed E-state index contributed by atoms with van der Waals surface area (Å²) >= 11 is 0. The molecule has 120 valence electrons. The predicted molar refractivity (Wildman–Crippen MR) is 75.1 cm³/mol. The summed E-state index contributed by atoms with van der Waals surface area (Å²) in [7, 11) is 0. The molecule has 2 aliphatic carbocycles. The van der Waals surface area contributed by atoms with Crippen molar-refractivity contribution in [2.75, 3.05) is 6.54 Å². The Balaban J connectivity index is 1.56. The van der Waals surface area contributed by atoms with Crippen LogP contribution in [0, 0.1) is 17.8 Å². The van der Waals surface area contributed by atoms with Crippen molar-refractivity contribution in [3.8, 4) is 0 Å². The van der Waals surface area contributed by atoms with E-state index in [9.17, 15) is 18.0 Å². The zero-order valence-corrected chi connectivity index (χ0v) is 12.2. The first-order valence-corrected chi connectivity index (χ1v) is 7.76. The van der Waals surface area contributed by atoms with Crippen LogP contribution in [0.15, 0.2) is 18.3 Å². The third-order valence-electron chi connectivity index (χ3n) is 5.07. The maximum absolute atomic E-state index is 12.4. The minimum absolute atomic E-state index is 0.175. The van der Waals surface area contributed by atoms with Crippen LogP contribution in [0.2, 0.25) is 0 Å². The second-order valence-corrected chi connectivity index (χ2v) is 6.33. The molecule has 3 rings (SSSR count). The van der Waals surface area contributed by atoms with Gasteiger partial charge in [-0.05, 0) is 49.1 Å². The fourth-order valence-corrected chi connectivity index (χ4v) is 3.96. The van der Waals surface area contributed by atoms with Crippen molar-refractivity contribution >= 4 is 5.91 Å². The number of rotatable bonds is 3. The summed E-state index contributed by atoms with van der Waals surface area (Å²) in [6.45, 7) is 0.612. The number of carbonyl (C=O) groups is 1. The van der Waals surface area contributed by atoms with Crippen molar-refractivity contribution in [1.29, 1.82) is 0 Å². The van der Waals surface area contributed by atoms with E-state index in [0.717, 1.165) is 24.6 Å². The summed E-state index contributed by atoms with van der Waals surface area (Å²) in [5.74, 6) is 1.70. The Labute approximate surface area is 127 Å². The number of fused-ring (bicyclic) bond motifs is 1. The summed E-state index contributed by atoms with van der Waals surface area (Å²) in [5.41, 5.74) is -0.803. The fourth-order valence-electron chi connectivity index (χ4n) is 3.96. The number of hydrogen-bond donors (Lipinski definition) is 1. The number of nitrogens with one attached hydrogen (secondary N) is 1. The summed E-state index contributed by atoms with van der Waals surface area (Å²) in [4.78, 5) is 15.3. The molecule has 0 saturated heterocycles. The van der Waals surface area contributed by atoms with Crippen LogP contribution in [0.1, 0.15) is 48.2 Å². The highest BCUT2D eigenvalue weighted by Crippen LogP contribution is 2.47. The molecule has 2 saturated carbocycles. The Morgan fingerprint density at radius 1 is 1.23 bits per heavy atom.